The summed E-state index contributed by atoms with van der Waals surface area (Å²) >= 11 is 0. The highest BCUT2D eigenvalue weighted by Gasteiger charge is 2.57. The van der Waals surface area contributed by atoms with Crippen molar-refractivity contribution in [1.82, 2.24) is 5.01 Å². The van der Waals surface area contributed by atoms with Gasteiger partial charge in [-0.3, -0.25) is 14.4 Å². The Morgan fingerprint density at radius 3 is 2.77 bits per heavy atom. The van der Waals surface area contributed by atoms with Crippen LogP contribution in [0, 0.1) is 0 Å². The normalized spacial score (nSPS) is 20.8. The van der Waals surface area contributed by atoms with Gasteiger partial charge in [-0.05, 0) is 18.2 Å². The van der Waals surface area contributed by atoms with E-state index in [4.69, 9.17) is 9.52 Å². The zero-order chi connectivity index (χ0) is 18.3. The number of amides is 2. The number of benzene rings is 1. The van der Waals surface area contributed by atoms with Crippen molar-refractivity contribution in [2.24, 2.45) is 5.10 Å². The molecule has 3 heterocycles. The highest BCUT2D eigenvalue weighted by Crippen LogP contribution is 2.47. The molecule has 0 aliphatic carbocycles. The van der Waals surface area contributed by atoms with Crippen LogP contribution in [0.2, 0.25) is 0 Å². The van der Waals surface area contributed by atoms with Gasteiger partial charge in [0.25, 0.3) is 5.91 Å². The minimum atomic E-state index is -1.33. The number of fused-ring (bicyclic) bond motifs is 2. The third-order valence-electron chi connectivity index (χ3n) is 4.60. The van der Waals surface area contributed by atoms with E-state index in [1.54, 1.807) is 36.4 Å². The van der Waals surface area contributed by atoms with E-state index in [0.29, 0.717) is 22.7 Å². The minimum Gasteiger partial charge on any atom is -0.481 e. The van der Waals surface area contributed by atoms with Crippen LogP contribution in [0.25, 0.3) is 0 Å². The van der Waals surface area contributed by atoms with Crippen LogP contribution in [-0.4, -0.2) is 33.6 Å². The van der Waals surface area contributed by atoms with Gasteiger partial charge in [0.05, 0.1) is 12.7 Å². The Bertz CT molecular complexity index is 934. The molecule has 0 unspecified atom stereocenters. The number of hydrazone groups is 1. The lowest BCUT2D eigenvalue weighted by Gasteiger charge is -2.30. The third kappa shape index (κ3) is 2.30. The number of hydrogen-bond acceptors (Lipinski definition) is 5. The maximum Gasteiger partial charge on any atom is 0.303 e. The second kappa shape index (κ2) is 5.83. The Morgan fingerprint density at radius 2 is 2.04 bits per heavy atom. The van der Waals surface area contributed by atoms with Gasteiger partial charge in [0, 0.05) is 24.1 Å². The van der Waals surface area contributed by atoms with Crippen LogP contribution in [0.15, 0.2) is 52.2 Å². The summed E-state index contributed by atoms with van der Waals surface area (Å²) < 4.78 is 5.38. The molecule has 132 valence electrons. The lowest BCUT2D eigenvalue weighted by molar-refractivity contribution is -0.146. The number of anilines is 1. The molecule has 0 saturated heterocycles. The van der Waals surface area contributed by atoms with Crippen LogP contribution < -0.4 is 5.32 Å². The summed E-state index contributed by atoms with van der Waals surface area (Å²) in [4.78, 5) is 36.5. The van der Waals surface area contributed by atoms with E-state index in [9.17, 15) is 14.4 Å². The van der Waals surface area contributed by atoms with Gasteiger partial charge in [0.15, 0.2) is 5.54 Å². The molecule has 26 heavy (non-hydrogen) atoms. The van der Waals surface area contributed by atoms with Crippen molar-refractivity contribution in [2.45, 2.75) is 24.8 Å². The molecule has 1 aromatic carbocycles. The molecule has 2 aliphatic heterocycles. The molecule has 2 N–H and O–H groups in total. The van der Waals surface area contributed by atoms with E-state index in [2.05, 4.69) is 10.4 Å². The Kier molecular flexibility index (Phi) is 3.61. The van der Waals surface area contributed by atoms with Crippen LogP contribution in [-0.2, 0) is 19.9 Å². The van der Waals surface area contributed by atoms with Crippen LogP contribution in [0.5, 0.6) is 0 Å². The zero-order valence-corrected chi connectivity index (χ0v) is 13.6. The van der Waals surface area contributed by atoms with E-state index in [0.717, 1.165) is 5.01 Å². The summed E-state index contributed by atoms with van der Waals surface area (Å²) in [5, 5.41) is 17.1. The Hall–Kier alpha value is -3.42. The smallest absolute Gasteiger partial charge is 0.303 e. The highest BCUT2D eigenvalue weighted by atomic mass is 16.4. The quantitative estimate of drug-likeness (QED) is 0.872. The fraction of sp³-hybridized carbons (Fsp3) is 0.222. The molecule has 8 heteroatoms. The number of furan rings is 1. The van der Waals surface area contributed by atoms with Gasteiger partial charge in [0.1, 0.15) is 11.5 Å². The Morgan fingerprint density at radius 1 is 1.23 bits per heavy atom. The first-order chi connectivity index (χ1) is 12.5. The predicted octanol–water partition coefficient (Wildman–Crippen LogP) is 1.93. The maximum atomic E-state index is 12.9. The molecule has 1 aromatic heterocycles. The number of carbonyl (C=O) groups excluding carboxylic acids is 2. The van der Waals surface area contributed by atoms with Gasteiger partial charge in [-0.1, -0.05) is 18.2 Å². The number of carboxylic acids is 1. The molecule has 0 bridgehead atoms. The third-order valence-corrected chi connectivity index (χ3v) is 4.60. The lowest BCUT2D eigenvalue weighted by Crippen LogP contribution is -2.48. The molecule has 2 amide bonds. The van der Waals surface area contributed by atoms with Gasteiger partial charge in [-0.25, -0.2) is 5.01 Å². The van der Waals surface area contributed by atoms with Crippen LogP contribution in [0.3, 0.4) is 0 Å². The first-order valence-electron chi connectivity index (χ1n) is 8.09. The molecule has 8 nitrogen and oxygen atoms in total. The molecule has 2 aliphatic rings. The monoisotopic (exact) mass is 353 g/mol. The highest BCUT2D eigenvalue weighted by molar-refractivity contribution is 6.14. The number of rotatable bonds is 4. The van der Waals surface area contributed by atoms with Crippen LogP contribution in [0.1, 0.15) is 30.6 Å². The molecule has 1 atom stereocenters. The standard InChI is InChI=1S/C18H15N3O5/c22-15(7-8-16(23)24)21-18(10-13(20-21)14-6-3-9-26-14)11-4-1-2-5-12(11)19-17(18)25/h1-6,9H,7-8,10H2,(H,19,25)(H,23,24)/t18-/m1/s1. The summed E-state index contributed by atoms with van der Waals surface area (Å²) in [6.45, 7) is 0. The number of nitrogens with zero attached hydrogens (tertiary/aromatic N) is 2. The molecule has 0 radical (unpaired) electrons. The second-order valence-corrected chi connectivity index (χ2v) is 6.16. The maximum absolute atomic E-state index is 12.9. The largest absolute Gasteiger partial charge is 0.481 e. The molecule has 0 fully saturated rings. The van der Waals surface area contributed by atoms with Crippen LogP contribution in [0.4, 0.5) is 5.69 Å². The molecule has 2 aromatic rings. The second-order valence-electron chi connectivity index (χ2n) is 6.16. The Labute approximate surface area is 148 Å². The summed E-state index contributed by atoms with van der Waals surface area (Å²) in [7, 11) is 0. The van der Waals surface area contributed by atoms with Crippen molar-refractivity contribution in [1.29, 1.82) is 0 Å². The van der Waals surface area contributed by atoms with Crippen molar-refractivity contribution in [3.8, 4) is 0 Å². The van der Waals surface area contributed by atoms with E-state index in [1.807, 2.05) is 0 Å². The van der Waals surface area contributed by atoms with Gasteiger partial charge in [0.2, 0.25) is 5.91 Å². The molecule has 1 spiro atoms. The molecule has 0 saturated carbocycles. The van der Waals surface area contributed by atoms with E-state index in [-0.39, 0.29) is 25.2 Å². The van der Waals surface area contributed by atoms with E-state index < -0.39 is 17.4 Å². The first-order valence-corrected chi connectivity index (χ1v) is 8.09. The van der Waals surface area contributed by atoms with Crippen molar-refractivity contribution < 1.29 is 23.9 Å². The summed E-state index contributed by atoms with van der Waals surface area (Å²) in [5.41, 5.74) is 0.392. The number of aliphatic carboxylic acids is 1. The average Bonchev–Trinajstić information content (AvgIpc) is 3.33. The lowest BCUT2D eigenvalue weighted by atomic mass is 9.85. The zero-order valence-electron chi connectivity index (χ0n) is 13.6. The topological polar surface area (TPSA) is 112 Å². The summed E-state index contributed by atoms with van der Waals surface area (Å²) in [5.74, 6) is -1.51. The van der Waals surface area contributed by atoms with Gasteiger partial charge < -0.3 is 14.8 Å². The predicted molar refractivity (Wildman–Crippen MR) is 90.3 cm³/mol. The van der Waals surface area contributed by atoms with Crippen molar-refractivity contribution in [3.05, 3.63) is 54.0 Å². The Balaban J connectivity index is 1.79. The van der Waals surface area contributed by atoms with Gasteiger partial charge >= 0.3 is 5.97 Å². The number of para-hydroxylation sites is 1. The van der Waals surface area contributed by atoms with Gasteiger partial charge in [-0.2, -0.15) is 5.10 Å². The van der Waals surface area contributed by atoms with E-state index in [1.165, 1.54) is 6.26 Å². The minimum absolute atomic E-state index is 0.155. The number of nitrogens with one attached hydrogen (secondary N) is 1. The fourth-order valence-corrected chi connectivity index (χ4v) is 3.41. The molecule has 4 rings (SSSR count). The van der Waals surface area contributed by atoms with Crippen molar-refractivity contribution in [3.63, 3.8) is 0 Å². The molecular formula is C18H15N3O5. The fourth-order valence-electron chi connectivity index (χ4n) is 3.41. The van der Waals surface area contributed by atoms with Crippen molar-refractivity contribution in [2.75, 3.05) is 5.32 Å². The van der Waals surface area contributed by atoms with Gasteiger partial charge in [-0.15, -0.1) is 0 Å². The SMILES string of the molecule is O=C(O)CCC(=O)N1N=C(c2ccco2)C[C@@]12C(=O)Nc1ccccc12. The first kappa shape index (κ1) is 16.1. The number of carboxylic acid groups (broad SMARTS) is 1. The number of hydrogen-bond donors (Lipinski definition) is 2. The summed E-state index contributed by atoms with van der Waals surface area (Å²) in [6.07, 6.45) is 1.06. The number of carbonyl (C=O) groups is 3. The van der Waals surface area contributed by atoms with E-state index >= 15 is 0 Å². The molecular weight excluding hydrogens is 338 g/mol. The van der Waals surface area contributed by atoms with Crippen molar-refractivity contribution >= 4 is 29.2 Å². The average molecular weight is 353 g/mol. The van der Waals surface area contributed by atoms with Crippen LogP contribution >= 0.6 is 0 Å². The summed E-state index contributed by atoms with van der Waals surface area (Å²) in [6, 6.07) is 10.5.